The lowest BCUT2D eigenvalue weighted by atomic mass is 10.2. The van der Waals surface area contributed by atoms with Crippen LogP contribution in [0.3, 0.4) is 0 Å². The SMILES string of the molecule is CCS[C@@H]1CC[C@@H](N(C)C(=O)Nc2cnn(C(C)C)c2)C1. The lowest BCUT2D eigenvalue weighted by molar-refractivity contribution is 0.205. The van der Waals surface area contributed by atoms with Crippen molar-refractivity contribution in [1.29, 1.82) is 0 Å². The van der Waals surface area contributed by atoms with Crippen LogP contribution in [0.1, 0.15) is 46.1 Å². The highest BCUT2D eigenvalue weighted by Gasteiger charge is 2.29. The number of hydrogen-bond acceptors (Lipinski definition) is 3. The van der Waals surface area contributed by atoms with Crippen LogP contribution in [-0.4, -0.2) is 44.8 Å². The zero-order valence-electron chi connectivity index (χ0n) is 13.4. The quantitative estimate of drug-likeness (QED) is 0.904. The van der Waals surface area contributed by atoms with Gasteiger partial charge in [-0.15, -0.1) is 0 Å². The Morgan fingerprint density at radius 2 is 2.33 bits per heavy atom. The third-order valence-electron chi connectivity index (χ3n) is 4.01. The van der Waals surface area contributed by atoms with Gasteiger partial charge in [0.2, 0.25) is 0 Å². The molecule has 1 aromatic heterocycles. The van der Waals surface area contributed by atoms with Crippen molar-refractivity contribution in [2.45, 2.75) is 57.4 Å². The van der Waals surface area contributed by atoms with Crippen LogP contribution < -0.4 is 5.32 Å². The van der Waals surface area contributed by atoms with E-state index in [1.54, 1.807) is 6.20 Å². The van der Waals surface area contributed by atoms with Crippen molar-refractivity contribution in [3.05, 3.63) is 12.4 Å². The second-order valence-corrected chi connectivity index (χ2v) is 7.47. The summed E-state index contributed by atoms with van der Waals surface area (Å²) in [5.74, 6) is 1.15. The Morgan fingerprint density at radius 1 is 1.57 bits per heavy atom. The number of nitrogens with zero attached hydrogens (tertiary/aromatic N) is 3. The lowest BCUT2D eigenvalue weighted by Gasteiger charge is -2.24. The monoisotopic (exact) mass is 310 g/mol. The molecule has 2 amide bonds. The first-order valence-electron chi connectivity index (χ1n) is 7.70. The van der Waals surface area contributed by atoms with Gasteiger partial charge >= 0.3 is 6.03 Å². The molecule has 0 spiro atoms. The van der Waals surface area contributed by atoms with Crippen LogP contribution in [0.4, 0.5) is 10.5 Å². The summed E-state index contributed by atoms with van der Waals surface area (Å²) in [5.41, 5.74) is 0.762. The van der Waals surface area contributed by atoms with Crippen LogP contribution in [0, 0.1) is 0 Å². The molecule has 2 rings (SSSR count). The molecule has 5 nitrogen and oxygen atoms in total. The van der Waals surface area contributed by atoms with E-state index < -0.39 is 0 Å². The summed E-state index contributed by atoms with van der Waals surface area (Å²) in [5, 5.41) is 7.89. The maximum atomic E-state index is 12.3. The lowest BCUT2D eigenvalue weighted by Crippen LogP contribution is -2.38. The zero-order chi connectivity index (χ0) is 15.4. The summed E-state index contributed by atoms with van der Waals surface area (Å²) in [6.45, 7) is 6.32. The van der Waals surface area contributed by atoms with E-state index >= 15 is 0 Å². The molecule has 0 aliphatic heterocycles. The molecule has 118 valence electrons. The van der Waals surface area contributed by atoms with Gasteiger partial charge in [0, 0.05) is 30.6 Å². The van der Waals surface area contributed by atoms with Crippen LogP contribution in [0.15, 0.2) is 12.4 Å². The first-order valence-corrected chi connectivity index (χ1v) is 8.75. The van der Waals surface area contributed by atoms with Gasteiger partial charge in [-0.3, -0.25) is 4.68 Å². The molecule has 1 N–H and O–H groups in total. The number of carbonyl (C=O) groups is 1. The molecule has 0 bridgehead atoms. The molecule has 6 heteroatoms. The Bertz CT molecular complexity index is 474. The molecular formula is C15H26N4OS. The Labute approximate surface area is 131 Å². The highest BCUT2D eigenvalue weighted by Crippen LogP contribution is 2.32. The maximum absolute atomic E-state index is 12.3. The van der Waals surface area contributed by atoms with Crippen molar-refractivity contribution in [3.8, 4) is 0 Å². The van der Waals surface area contributed by atoms with E-state index in [1.807, 2.05) is 34.6 Å². The van der Waals surface area contributed by atoms with Gasteiger partial charge in [0.25, 0.3) is 0 Å². The van der Waals surface area contributed by atoms with Crippen LogP contribution >= 0.6 is 11.8 Å². The second-order valence-electron chi connectivity index (χ2n) is 5.89. The average molecular weight is 310 g/mol. The fourth-order valence-corrected chi connectivity index (χ4v) is 3.85. The molecule has 1 aliphatic rings. The number of carbonyl (C=O) groups excluding carboxylic acids is 1. The third-order valence-corrected chi connectivity index (χ3v) is 5.24. The molecular weight excluding hydrogens is 284 g/mol. The number of amides is 2. The predicted octanol–water partition coefficient (Wildman–Crippen LogP) is 3.60. The third kappa shape index (κ3) is 4.15. The van der Waals surface area contributed by atoms with E-state index in [0.717, 1.165) is 24.3 Å². The Morgan fingerprint density at radius 3 is 2.95 bits per heavy atom. The van der Waals surface area contributed by atoms with Crippen LogP contribution in [-0.2, 0) is 0 Å². The Kier molecular flexibility index (Phi) is 5.56. The van der Waals surface area contributed by atoms with E-state index in [0.29, 0.717) is 17.3 Å². The average Bonchev–Trinajstić information content (AvgIpc) is 3.07. The minimum Gasteiger partial charge on any atom is -0.325 e. The van der Waals surface area contributed by atoms with E-state index in [9.17, 15) is 4.79 Å². The van der Waals surface area contributed by atoms with Gasteiger partial charge in [0.1, 0.15) is 0 Å². The highest BCUT2D eigenvalue weighted by atomic mass is 32.2. The second kappa shape index (κ2) is 7.20. The van der Waals surface area contributed by atoms with Crippen LogP contribution in [0.5, 0.6) is 0 Å². The smallest absolute Gasteiger partial charge is 0.321 e. The summed E-state index contributed by atoms with van der Waals surface area (Å²) in [6.07, 6.45) is 7.00. The normalized spacial score (nSPS) is 21.8. The Hall–Kier alpha value is -1.17. The van der Waals surface area contributed by atoms with E-state index in [4.69, 9.17) is 0 Å². The van der Waals surface area contributed by atoms with Gasteiger partial charge in [-0.2, -0.15) is 16.9 Å². The molecule has 0 aromatic carbocycles. The van der Waals surface area contributed by atoms with Crippen molar-refractivity contribution in [3.63, 3.8) is 0 Å². The number of hydrogen-bond donors (Lipinski definition) is 1. The first-order chi connectivity index (χ1) is 10.0. The van der Waals surface area contributed by atoms with Gasteiger partial charge in [-0.25, -0.2) is 4.79 Å². The predicted molar refractivity (Wildman–Crippen MR) is 89.0 cm³/mol. The molecule has 21 heavy (non-hydrogen) atoms. The number of aromatic nitrogens is 2. The van der Waals surface area contributed by atoms with E-state index in [1.165, 1.54) is 6.42 Å². The van der Waals surface area contributed by atoms with Gasteiger partial charge in [-0.1, -0.05) is 6.92 Å². The fourth-order valence-electron chi connectivity index (χ4n) is 2.72. The van der Waals surface area contributed by atoms with E-state index in [-0.39, 0.29) is 6.03 Å². The topological polar surface area (TPSA) is 50.2 Å². The molecule has 1 heterocycles. The van der Waals surface area contributed by atoms with Gasteiger partial charge in [-0.05, 0) is 38.9 Å². The zero-order valence-corrected chi connectivity index (χ0v) is 14.2. The van der Waals surface area contributed by atoms with Crippen molar-refractivity contribution in [2.75, 3.05) is 18.1 Å². The van der Waals surface area contributed by atoms with Crippen LogP contribution in [0.25, 0.3) is 0 Å². The molecule has 0 saturated heterocycles. The largest absolute Gasteiger partial charge is 0.325 e. The molecule has 2 atom stereocenters. The fraction of sp³-hybridized carbons (Fsp3) is 0.733. The summed E-state index contributed by atoms with van der Waals surface area (Å²) >= 11 is 2.01. The number of anilines is 1. The minimum atomic E-state index is -0.0366. The summed E-state index contributed by atoms with van der Waals surface area (Å²) in [4.78, 5) is 14.2. The van der Waals surface area contributed by atoms with Gasteiger partial charge in [0.05, 0.1) is 11.9 Å². The van der Waals surface area contributed by atoms with Gasteiger partial charge in [0.15, 0.2) is 0 Å². The summed E-state index contributed by atoms with van der Waals surface area (Å²) < 4.78 is 1.85. The summed E-state index contributed by atoms with van der Waals surface area (Å²) in [7, 11) is 1.89. The van der Waals surface area contributed by atoms with Crippen molar-refractivity contribution in [2.24, 2.45) is 0 Å². The number of nitrogens with one attached hydrogen (secondary N) is 1. The minimum absolute atomic E-state index is 0.0366. The molecule has 1 fully saturated rings. The van der Waals surface area contributed by atoms with Crippen molar-refractivity contribution < 1.29 is 4.79 Å². The standard InChI is InChI=1S/C15H26N4OS/c1-5-21-14-7-6-13(8-14)18(4)15(20)17-12-9-16-19(10-12)11(2)3/h9-11,13-14H,5-8H2,1-4H3,(H,17,20)/t13-,14-/m1/s1. The number of urea groups is 1. The van der Waals surface area contributed by atoms with E-state index in [2.05, 4.69) is 31.2 Å². The molecule has 1 aromatic rings. The van der Waals surface area contributed by atoms with Crippen molar-refractivity contribution in [1.82, 2.24) is 14.7 Å². The number of rotatable bonds is 5. The molecule has 1 saturated carbocycles. The molecule has 0 unspecified atom stereocenters. The molecule has 1 aliphatic carbocycles. The summed E-state index contributed by atoms with van der Waals surface area (Å²) in [6, 6.07) is 0.620. The van der Waals surface area contributed by atoms with Crippen LogP contribution in [0.2, 0.25) is 0 Å². The Balaban J connectivity index is 1.87. The molecule has 0 radical (unpaired) electrons. The highest BCUT2D eigenvalue weighted by molar-refractivity contribution is 7.99. The maximum Gasteiger partial charge on any atom is 0.321 e. The van der Waals surface area contributed by atoms with Crippen molar-refractivity contribution >= 4 is 23.5 Å². The first kappa shape index (κ1) is 16.2. The van der Waals surface area contributed by atoms with Gasteiger partial charge < -0.3 is 10.2 Å². The number of thioether (sulfide) groups is 1.